The average Bonchev–Trinajstić information content (AvgIpc) is 3.48. The fourth-order valence-electron chi connectivity index (χ4n) is 6.68. The number of aryl methyl sites for hydroxylation is 2. The number of hydrogen-bond donors (Lipinski definition) is 1. The van der Waals surface area contributed by atoms with Crippen molar-refractivity contribution in [2.75, 3.05) is 10.2 Å². The second-order valence-corrected chi connectivity index (χ2v) is 13.9. The number of unbranched alkanes of at least 4 members (excludes halogenated alkanes) is 14. The van der Waals surface area contributed by atoms with Gasteiger partial charge in [0.1, 0.15) is 11.5 Å². The van der Waals surface area contributed by atoms with Crippen LogP contribution >= 0.6 is 0 Å². The average molecular weight is 645 g/mol. The van der Waals surface area contributed by atoms with Gasteiger partial charge in [-0.2, -0.15) is 0 Å². The van der Waals surface area contributed by atoms with Gasteiger partial charge in [0.15, 0.2) is 0 Å². The Morgan fingerprint density at radius 1 is 0.745 bits per heavy atom. The molecule has 6 nitrogen and oxygen atoms in total. The van der Waals surface area contributed by atoms with Crippen molar-refractivity contribution in [2.45, 2.75) is 151 Å². The minimum Gasteiger partial charge on any atom is -0.466 e. The van der Waals surface area contributed by atoms with Gasteiger partial charge in [-0.15, -0.1) is 0 Å². The molecule has 258 valence electrons. The van der Waals surface area contributed by atoms with Crippen LogP contribution < -0.4 is 10.2 Å². The van der Waals surface area contributed by atoms with E-state index in [9.17, 15) is 14.4 Å². The smallest absolute Gasteiger partial charge is 0.266 e. The Kier molecular flexibility index (Phi) is 15.7. The lowest BCUT2D eigenvalue weighted by Crippen LogP contribution is -2.29. The zero-order valence-electron chi connectivity index (χ0n) is 30.4. The van der Waals surface area contributed by atoms with E-state index in [0.29, 0.717) is 28.9 Å². The molecule has 1 aromatic carbocycles. The predicted molar refractivity (Wildman–Crippen MR) is 195 cm³/mol. The summed E-state index contributed by atoms with van der Waals surface area (Å²) in [7, 11) is 0. The monoisotopic (exact) mass is 644 g/mol. The summed E-state index contributed by atoms with van der Waals surface area (Å²) >= 11 is 0. The fourth-order valence-corrected chi connectivity index (χ4v) is 6.68. The van der Waals surface area contributed by atoms with E-state index in [0.717, 1.165) is 41.1 Å². The number of rotatable bonds is 20. The maximum atomic E-state index is 14.0. The van der Waals surface area contributed by atoms with Crippen molar-refractivity contribution in [1.82, 2.24) is 0 Å². The molecule has 1 N–H and O–H groups in total. The number of hydrogen-bond acceptors (Lipinski definition) is 4. The lowest BCUT2D eigenvalue weighted by Gasteiger charge is -2.16. The molecule has 0 radical (unpaired) electrons. The molecule has 0 saturated carbocycles. The lowest BCUT2D eigenvalue weighted by molar-refractivity contribution is -0.120. The third-order valence-corrected chi connectivity index (χ3v) is 9.18. The highest BCUT2D eigenvalue weighted by Crippen LogP contribution is 2.41. The van der Waals surface area contributed by atoms with Crippen LogP contribution in [0.2, 0.25) is 0 Å². The number of nitrogens with one attached hydrogen (secondary N) is 1. The van der Waals surface area contributed by atoms with E-state index < -0.39 is 0 Å². The van der Waals surface area contributed by atoms with Crippen molar-refractivity contribution in [3.05, 3.63) is 64.1 Å². The number of nitrogens with zero attached hydrogens (tertiary/aromatic N) is 1. The third-order valence-electron chi connectivity index (χ3n) is 9.18. The van der Waals surface area contributed by atoms with Crippen LogP contribution in [0.5, 0.6) is 0 Å². The maximum absolute atomic E-state index is 14.0. The van der Waals surface area contributed by atoms with Crippen molar-refractivity contribution in [3.63, 3.8) is 0 Å². The SMILES string of the molecule is CCCCCCCCCCCCCCCCCC(=O)Nc1ccc(N2C(=O)C(=C(C)C)C(=C(c3cc(C)oc3C)C(C)C)C2=O)cc1. The van der Waals surface area contributed by atoms with Crippen LogP contribution in [0.1, 0.15) is 154 Å². The highest BCUT2D eigenvalue weighted by molar-refractivity contribution is 6.39. The van der Waals surface area contributed by atoms with Crippen molar-refractivity contribution in [3.8, 4) is 0 Å². The summed E-state index contributed by atoms with van der Waals surface area (Å²) in [6.07, 6.45) is 19.9. The molecule has 1 aliphatic heterocycles. The summed E-state index contributed by atoms with van der Waals surface area (Å²) in [5, 5.41) is 2.97. The van der Waals surface area contributed by atoms with Gasteiger partial charge >= 0.3 is 0 Å². The van der Waals surface area contributed by atoms with E-state index in [1.54, 1.807) is 24.3 Å². The number of carbonyl (C=O) groups is 3. The highest BCUT2D eigenvalue weighted by atomic mass is 16.3. The van der Waals surface area contributed by atoms with Gasteiger partial charge < -0.3 is 9.73 Å². The van der Waals surface area contributed by atoms with Crippen molar-refractivity contribution in [1.29, 1.82) is 0 Å². The second-order valence-electron chi connectivity index (χ2n) is 13.9. The van der Waals surface area contributed by atoms with E-state index in [-0.39, 0.29) is 23.6 Å². The van der Waals surface area contributed by atoms with E-state index >= 15 is 0 Å². The Labute approximate surface area is 284 Å². The van der Waals surface area contributed by atoms with Gasteiger partial charge in [0, 0.05) is 17.7 Å². The van der Waals surface area contributed by atoms with Crippen LogP contribution in [-0.4, -0.2) is 17.7 Å². The summed E-state index contributed by atoms with van der Waals surface area (Å²) in [5.74, 6) is 0.818. The zero-order valence-corrected chi connectivity index (χ0v) is 30.4. The fraction of sp³-hybridized carbons (Fsp3) is 0.585. The number of benzene rings is 1. The molecule has 1 saturated heterocycles. The molecule has 0 aliphatic carbocycles. The number of imide groups is 1. The molecule has 3 amide bonds. The van der Waals surface area contributed by atoms with E-state index in [1.807, 2.05) is 47.6 Å². The van der Waals surface area contributed by atoms with E-state index in [2.05, 4.69) is 12.2 Å². The quantitative estimate of drug-likeness (QED) is 0.0883. The number of allylic oxidation sites excluding steroid dienone is 2. The van der Waals surface area contributed by atoms with Gasteiger partial charge in [0.05, 0.1) is 16.8 Å². The van der Waals surface area contributed by atoms with E-state index in [1.165, 1.54) is 88.4 Å². The first kappa shape index (κ1) is 38.0. The summed E-state index contributed by atoms with van der Waals surface area (Å²) in [6.45, 7) is 13.8. The zero-order chi connectivity index (χ0) is 34.3. The molecule has 0 atom stereocenters. The molecule has 0 bridgehead atoms. The summed E-state index contributed by atoms with van der Waals surface area (Å²) in [4.78, 5) is 41.5. The molecule has 1 fully saturated rings. The maximum Gasteiger partial charge on any atom is 0.266 e. The van der Waals surface area contributed by atoms with Crippen molar-refractivity contribution >= 4 is 34.7 Å². The largest absolute Gasteiger partial charge is 0.466 e. The highest BCUT2D eigenvalue weighted by Gasteiger charge is 2.43. The minimum atomic E-state index is -0.335. The number of anilines is 2. The normalized spacial score (nSPS) is 14.5. The second kappa shape index (κ2) is 19.4. The summed E-state index contributed by atoms with van der Waals surface area (Å²) in [6, 6.07) is 8.92. The molecule has 1 aliphatic rings. The molecule has 1 aromatic heterocycles. The Hall–Kier alpha value is -3.41. The van der Waals surface area contributed by atoms with Crippen molar-refractivity contribution < 1.29 is 18.8 Å². The van der Waals surface area contributed by atoms with Gasteiger partial charge in [-0.1, -0.05) is 116 Å². The number of amides is 3. The van der Waals surface area contributed by atoms with Crippen LogP contribution in [0, 0.1) is 19.8 Å². The Morgan fingerprint density at radius 3 is 1.68 bits per heavy atom. The molecule has 2 heterocycles. The van der Waals surface area contributed by atoms with Crippen LogP contribution in [0.15, 0.2) is 51.5 Å². The molecule has 0 spiro atoms. The third kappa shape index (κ3) is 11.1. The van der Waals surface area contributed by atoms with Crippen LogP contribution in [0.25, 0.3) is 5.57 Å². The Bertz CT molecular complexity index is 1390. The Balaban J connectivity index is 1.46. The van der Waals surface area contributed by atoms with E-state index in [4.69, 9.17) is 4.42 Å². The molecule has 6 heteroatoms. The van der Waals surface area contributed by atoms with Crippen molar-refractivity contribution in [2.24, 2.45) is 5.92 Å². The molecular formula is C41H60N2O4. The first-order valence-electron chi connectivity index (χ1n) is 18.3. The lowest BCUT2D eigenvalue weighted by atomic mass is 9.87. The topological polar surface area (TPSA) is 79.6 Å². The molecule has 2 aromatic rings. The minimum absolute atomic E-state index is 0.00567. The summed E-state index contributed by atoms with van der Waals surface area (Å²) < 4.78 is 5.80. The van der Waals surface area contributed by atoms with Gasteiger partial charge in [0.25, 0.3) is 11.8 Å². The first-order valence-corrected chi connectivity index (χ1v) is 18.3. The molecule has 3 rings (SSSR count). The summed E-state index contributed by atoms with van der Waals surface area (Å²) in [5.41, 5.74) is 4.49. The van der Waals surface area contributed by atoms with Gasteiger partial charge in [-0.25, -0.2) is 4.90 Å². The number of furan rings is 1. The molecule has 47 heavy (non-hydrogen) atoms. The predicted octanol–water partition coefficient (Wildman–Crippen LogP) is 11.4. The van der Waals surface area contributed by atoms with Crippen LogP contribution in [0.4, 0.5) is 11.4 Å². The van der Waals surface area contributed by atoms with Crippen LogP contribution in [-0.2, 0) is 14.4 Å². The Morgan fingerprint density at radius 2 is 1.23 bits per heavy atom. The first-order chi connectivity index (χ1) is 22.6. The van der Waals surface area contributed by atoms with Gasteiger partial charge in [0.2, 0.25) is 5.91 Å². The van der Waals surface area contributed by atoms with Gasteiger partial charge in [-0.05, 0) is 75.9 Å². The molecular weight excluding hydrogens is 584 g/mol. The molecule has 0 unspecified atom stereocenters. The van der Waals surface area contributed by atoms with Gasteiger partial charge in [-0.3, -0.25) is 14.4 Å². The standard InChI is InChI=1S/C41H60N2O4/c1-8-9-10-11-12-13-14-15-16-17-18-19-20-21-22-23-36(44)42-33-24-26-34(27-25-33)43-40(45)38(30(4)5)39(41(43)46)37(29(2)3)35-28-31(6)47-32(35)7/h24-29H,8-23H2,1-7H3,(H,42,44). The van der Waals surface area contributed by atoms with Crippen LogP contribution in [0.3, 0.4) is 0 Å². The number of carbonyl (C=O) groups excluding carboxylic acids is 3.